The van der Waals surface area contributed by atoms with Gasteiger partial charge in [-0.3, -0.25) is 4.79 Å². The van der Waals surface area contributed by atoms with Crippen molar-refractivity contribution in [2.24, 2.45) is 17.8 Å². The molecule has 2 rings (SSSR count). The van der Waals surface area contributed by atoms with Crippen LogP contribution in [0.1, 0.15) is 47.0 Å². The molecule has 0 aliphatic heterocycles. The molecule has 2 unspecified atom stereocenters. The average Bonchev–Trinajstić information content (AvgIpc) is 2.42. The molecule has 1 heteroatoms. The van der Waals surface area contributed by atoms with E-state index in [0.717, 1.165) is 12.0 Å². The molecule has 2 aliphatic carbocycles. The summed E-state index contributed by atoms with van der Waals surface area (Å²) in [5.74, 6) is 2.14. The van der Waals surface area contributed by atoms with Crippen molar-refractivity contribution in [2.45, 2.75) is 47.0 Å². The van der Waals surface area contributed by atoms with Gasteiger partial charge in [-0.2, -0.15) is 0 Å². The standard InChI is InChI=1S/C15H22O/c1-9(2)12-6-5-10(3)13-8-15(16)11(4)14(13)7-12/h7,9-10,13H,5-6,8H2,1-4H3. The van der Waals surface area contributed by atoms with E-state index in [0.29, 0.717) is 23.5 Å². The Kier molecular flexibility index (Phi) is 3.05. The largest absolute Gasteiger partial charge is 0.295 e. The molecule has 0 radical (unpaired) electrons. The van der Waals surface area contributed by atoms with Gasteiger partial charge in [-0.25, -0.2) is 0 Å². The van der Waals surface area contributed by atoms with E-state index in [1.54, 1.807) is 0 Å². The Morgan fingerprint density at radius 1 is 1.38 bits per heavy atom. The predicted molar refractivity (Wildman–Crippen MR) is 67.1 cm³/mol. The zero-order valence-corrected chi connectivity index (χ0v) is 10.8. The van der Waals surface area contributed by atoms with Gasteiger partial charge < -0.3 is 0 Å². The number of rotatable bonds is 1. The molecule has 0 aromatic carbocycles. The van der Waals surface area contributed by atoms with Gasteiger partial charge in [0.1, 0.15) is 0 Å². The highest BCUT2D eigenvalue weighted by molar-refractivity contribution is 5.99. The monoisotopic (exact) mass is 218 g/mol. The van der Waals surface area contributed by atoms with Crippen LogP contribution in [-0.2, 0) is 4.79 Å². The summed E-state index contributed by atoms with van der Waals surface area (Å²) in [5, 5.41) is 0. The maximum absolute atomic E-state index is 11.8. The molecule has 0 fully saturated rings. The second kappa shape index (κ2) is 4.20. The van der Waals surface area contributed by atoms with Crippen molar-refractivity contribution in [1.29, 1.82) is 0 Å². The van der Waals surface area contributed by atoms with E-state index in [-0.39, 0.29) is 0 Å². The van der Waals surface area contributed by atoms with Crippen LogP contribution in [-0.4, -0.2) is 5.78 Å². The molecule has 0 saturated heterocycles. The van der Waals surface area contributed by atoms with Crippen LogP contribution < -0.4 is 0 Å². The summed E-state index contributed by atoms with van der Waals surface area (Å²) in [6.45, 7) is 8.81. The molecular formula is C15H22O. The molecule has 88 valence electrons. The van der Waals surface area contributed by atoms with E-state index in [1.807, 2.05) is 6.92 Å². The van der Waals surface area contributed by atoms with E-state index in [9.17, 15) is 4.79 Å². The lowest BCUT2D eigenvalue weighted by Gasteiger charge is -2.17. The number of allylic oxidation sites excluding steroid dienone is 4. The van der Waals surface area contributed by atoms with Crippen LogP contribution in [0.25, 0.3) is 0 Å². The number of carbonyl (C=O) groups excluding carboxylic acids is 1. The minimum Gasteiger partial charge on any atom is -0.295 e. The van der Waals surface area contributed by atoms with E-state index in [2.05, 4.69) is 26.8 Å². The quantitative estimate of drug-likeness (QED) is 0.652. The Labute approximate surface area is 98.6 Å². The Balaban J connectivity index is 2.42. The highest BCUT2D eigenvalue weighted by Crippen LogP contribution is 2.41. The van der Waals surface area contributed by atoms with Crippen LogP contribution in [0.2, 0.25) is 0 Å². The molecule has 0 spiro atoms. The molecule has 1 nitrogen and oxygen atoms in total. The number of carbonyl (C=O) groups is 1. The zero-order valence-electron chi connectivity index (χ0n) is 10.8. The van der Waals surface area contributed by atoms with Crippen molar-refractivity contribution < 1.29 is 4.79 Å². The van der Waals surface area contributed by atoms with Crippen LogP contribution >= 0.6 is 0 Å². The Morgan fingerprint density at radius 3 is 2.69 bits per heavy atom. The first-order valence-corrected chi connectivity index (χ1v) is 6.45. The number of fused-ring (bicyclic) bond motifs is 1. The summed E-state index contributed by atoms with van der Waals surface area (Å²) in [4.78, 5) is 11.8. The molecule has 0 aromatic rings. The van der Waals surface area contributed by atoms with Crippen LogP contribution in [0, 0.1) is 17.8 Å². The molecule has 0 amide bonds. The van der Waals surface area contributed by atoms with Gasteiger partial charge in [0, 0.05) is 6.42 Å². The minimum atomic E-state index is 0.369. The molecule has 0 bridgehead atoms. The smallest absolute Gasteiger partial charge is 0.159 e. The summed E-state index contributed by atoms with van der Waals surface area (Å²) in [5.41, 5.74) is 3.90. The van der Waals surface area contributed by atoms with Gasteiger partial charge in [0.25, 0.3) is 0 Å². The normalized spacial score (nSPS) is 30.6. The molecular weight excluding hydrogens is 196 g/mol. The summed E-state index contributed by atoms with van der Waals surface area (Å²) in [7, 11) is 0. The van der Waals surface area contributed by atoms with Crippen LogP contribution in [0.5, 0.6) is 0 Å². The van der Waals surface area contributed by atoms with Crippen molar-refractivity contribution in [3.63, 3.8) is 0 Å². The molecule has 0 aromatic heterocycles. The predicted octanol–water partition coefficient (Wildman–Crippen LogP) is 3.90. The van der Waals surface area contributed by atoms with Crippen molar-refractivity contribution >= 4 is 5.78 Å². The molecule has 2 aliphatic rings. The van der Waals surface area contributed by atoms with E-state index < -0.39 is 0 Å². The van der Waals surface area contributed by atoms with E-state index >= 15 is 0 Å². The molecule has 2 atom stereocenters. The second-order valence-electron chi connectivity index (χ2n) is 5.70. The minimum absolute atomic E-state index is 0.369. The van der Waals surface area contributed by atoms with Gasteiger partial charge in [-0.15, -0.1) is 0 Å². The van der Waals surface area contributed by atoms with Crippen LogP contribution in [0.4, 0.5) is 0 Å². The van der Waals surface area contributed by atoms with Gasteiger partial charge in [-0.05, 0) is 48.7 Å². The Hall–Kier alpha value is -0.850. The van der Waals surface area contributed by atoms with Crippen molar-refractivity contribution in [1.82, 2.24) is 0 Å². The third kappa shape index (κ3) is 1.88. The van der Waals surface area contributed by atoms with Crippen LogP contribution in [0.3, 0.4) is 0 Å². The zero-order chi connectivity index (χ0) is 11.9. The number of hydrogen-bond acceptors (Lipinski definition) is 1. The summed E-state index contributed by atoms with van der Waals surface area (Å²) < 4.78 is 0. The summed E-state index contributed by atoms with van der Waals surface area (Å²) >= 11 is 0. The topological polar surface area (TPSA) is 17.1 Å². The average molecular weight is 218 g/mol. The molecule has 0 N–H and O–H groups in total. The van der Waals surface area contributed by atoms with Gasteiger partial charge in [0.05, 0.1) is 0 Å². The fourth-order valence-corrected chi connectivity index (χ4v) is 2.95. The number of hydrogen-bond donors (Lipinski definition) is 0. The number of ketones is 1. The Bertz CT molecular complexity index is 371. The SMILES string of the molecule is CC1=C2C=C(C(C)C)CCC(C)C2CC1=O. The second-order valence-corrected chi connectivity index (χ2v) is 5.70. The van der Waals surface area contributed by atoms with Gasteiger partial charge in [0.2, 0.25) is 0 Å². The molecule has 16 heavy (non-hydrogen) atoms. The van der Waals surface area contributed by atoms with E-state index in [4.69, 9.17) is 0 Å². The third-order valence-corrected chi connectivity index (χ3v) is 4.31. The first kappa shape index (κ1) is 11.6. The maximum Gasteiger partial charge on any atom is 0.159 e. The first-order chi connectivity index (χ1) is 7.50. The van der Waals surface area contributed by atoms with Gasteiger partial charge in [-0.1, -0.05) is 32.4 Å². The van der Waals surface area contributed by atoms with Crippen LogP contribution in [0.15, 0.2) is 22.8 Å². The molecule has 0 heterocycles. The summed E-state index contributed by atoms with van der Waals surface area (Å²) in [6, 6.07) is 0. The van der Waals surface area contributed by atoms with Gasteiger partial charge >= 0.3 is 0 Å². The van der Waals surface area contributed by atoms with Gasteiger partial charge in [0.15, 0.2) is 5.78 Å². The fraction of sp³-hybridized carbons (Fsp3) is 0.667. The first-order valence-electron chi connectivity index (χ1n) is 6.45. The van der Waals surface area contributed by atoms with Crippen molar-refractivity contribution in [3.8, 4) is 0 Å². The highest BCUT2D eigenvalue weighted by atomic mass is 16.1. The lowest BCUT2D eigenvalue weighted by atomic mass is 9.87. The number of Topliss-reactive ketones (excluding diaryl/α,β-unsaturated/α-hetero) is 1. The van der Waals surface area contributed by atoms with Crippen molar-refractivity contribution in [2.75, 3.05) is 0 Å². The lowest BCUT2D eigenvalue weighted by Crippen LogP contribution is -2.10. The highest BCUT2D eigenvalue weighted by Gasteiger charge is 2.34. The maximum atomic E-state index is 11.8. The van der Waals surface area contributed by atoms with E-state index in [1.165, 1.54) is 24.0 Å². The summed E-state index contributed by atoms with van der Waals surface area (Å²) in [6.07, 6.45) is 5.53. The third-order valence-electron chi connectivity index (χ3n) is 4.31. The fourth-order valence-electron chi connectivity index (χ4n) is 2.95. The Morgan fingerprint density at radius 2 is 2.06 bits per heavy atom. The lowest BCUT2D eigenvalue weighted by molar-refractivity contribution is -0.115. The molecule has 0 saturated carbocycles. The van der Waals surface area contributed by atoms with Crippen molar-refractivity contribution in [3.05, 3.63) is 22.8 Å².